The van der Waals surface area contributed by atoms with Crippen molar-refractivity contribution in [3.05, 3.63) is 46.3 Å². The fraction of sp³-hybridized carbons (Fsp3) is 0.400. The maximum absolute atomic E-state index is 12.7. The van der Waals surface area contributed by atoms with Crippen LogP contribution in [0.15, 0.2) is 40.7 Å². The maximum Gasteiger partial charge on any atom is 0.161 e. The Balaban J connectivity index is 1.95. The molecule has 1 aliphatic heterocycles. The molecule has 0 amide bonds. The molecule has 0 atom stereocenters. The van der Waals surface area contributed by atoms with Gasteiger partial charge in [-0.25, -0.2) is 5.06 Å². The smallest absolute Gasteiger partial charge is 0.161 e. The number of carbonyl (C=O) groups excluding carboxylic acids is 2. The van der Waals surface area contributed by atoms with Crippen LogP contribution in [0.1, 0.15) is 50.0 Å². The highest BCUT2D eigenvalue weighted by Crippen LogP contribution is 2.50. The van der Waals surface area contributed by atoms with E-state index in [-0.39, 0.29) is 17.3 Å². The van der Waals surface area contributed by atoms with E-state index in [9.17, 15) is 19.9 Å². The topological polar surface area (TPSA) is 87.1 Å². The lowest BCUT2D eigenvalue weighted by atomic mass is 9.71. The van der Waals surface area contributed by atoms with Crippen LogP contribution in [0.5, 0.6) is 11.5 Å². The highest BCUT2D eigenvalue weighted by atomic mass is 16.5. The predicted molar refractivity (Wildman–Crippen MR) is 92.8 cm³/mol. The van der Waals surface area contributed by atoms with Crippen molar-refractivity contribution in [1.29, 1.82) is 0 Å². The third-order valence-electron chi connectivity index (χ3n) is 5.49. The molecule has 136 valence electrons. The number of Topliss-reactive ketones (excluding diaryl/α,β-unsaturated/α-hetero) is 2. The first-order chi connectivity index (χ1) is 12.5. The number of aromatic hydroxyl groups is 1. The van der Waals surface area contributed by atoms with Crippen molar-refractivity contribution >= 4 is 11.6 Å². The quantitative estimate of drug-likeness (QED) is 0.847. The number of carbonyl (C=O) groups is 2. The molecule has 26 heavy (non-hydrogen) atoms. The Morgan fingerprint density at radius 1 is 1.00 bits per heavy atom. The molecule has 0 fully saturated rings. The number of allylic oxidation sites excluding steroid dienone is 4. The number of hydroxylamine groups is 2. The second kappa shape index (κ2) is 6.29. The summed E-state index contributed by atoms with van der Waals surface area (Å²) in [5.41, 5.74) is 2.51. The van der Waals surface area contributed by atoms with E-state index in [2.05, 4.69) is 0 Å². The molecule has 1 aromatic carbocycles. The summed E-state index contributed by atoms with van der Waals surface area (Å²) < 4.78 is 5.14. The summed E-state index contributed by atoms with van der Waals surface area (Å²) in [5, 5.41) is 22.3. The standard InChI is InChI=1S/C20H21NO5/c1-26-11-8-9-12(17(24)10-11)18-19-13(4-2-6-15(19)22)21(25)14-5-3-7-16(23)20(14)18/h8-10,18,24-25H,2-7H2,1H3. The monoisotopic (exact) mass is 355 g/mol. The summed E-state index contributed by atoms with van der Waals surface area (Å²) in [6, 6.07) is 4.90. The summed E-state index contributed by atoms with van der Waals surface area (Å²) in [6.45, 7) is 0. The second-order valence-electron chi connectivity index (χ2n) is 6.94. The van der Waals surface area contributed by atoms with Crippen LogP contribution in [0.4, 0.5) is 0 Å². The molecular formula is C20H21NO5. The first kappa shape index (κ1) is 16.8. The molecule has 0 saturated heterocycles. The van der Waals surface area contributed by atoms with Gasteiger partial charge in [-0.15, -0.1) is 0 Å². The molecule has 1 heterocycles. The number of phenolic OH excluding ortho intramolecular Hbond substituents is 1. The van der Waals surface area contributed by atoms with Gasteiger partial charge in [0.25, 0.3) is 0 Å². The Morgan fingerprint density at radius 3 is 2.08 bits per heavy atom. The summed E-state index contributed by atoms with van der Waals surface area (Å²) in [7, 11) is 1.51. The molecule has 0 bridgehead atoms. The molecule has 0 spiro atoms. The third kappa shape index (κ3) is 2.44. The molecule has 0 saturated carbocycles. The van der Waals surface area contributed by atoms with Crippen LogP contribution in [0, 0.1) is 0 Å². The minimum absolute atomic E-state index is 0.0174. The Bertz CT molecular complexity index is 823. The van der Waals surface area contributed by atoms with E-state index < -0.39 is 5.92 Å². The van der Waals surface area contributed by atoms with Crippen LogP contribution in [-0.2, 0) is 9.59 Å². The molecule has 0 unspecified atom stereocenters. The number of benzene rings is 1. The van der Waals surface area contributed by atoms with Crippen LogP contribution in [0.2, 0.25) is 0 Å². The average Bonchev–Trinajstić information content (AvgIpc) is 2.64. The van der Waals surface area contributed by atoms with Crippen LogP contribution in [0.25, 0.3) is 0 Å². The average molecular weight is 355 g/mol. The molecule has 0 radical (unpaired) electrons. The number of methoxy groups -OCH3 is 1. The summed E-state index contributed by atoms with van der Waals surface area (Å²) in [4.78, 5) is 25.5. The van der Waals surface area contributed by atoms with E-state index in [1.165, 1.54) is 13.2 Å². The van der Waals surface area contributed by atoms with E-state index in [0.29, 0.717) is 72.4 Å². The van der Waals surface area contributed by atoms with E-state index in [0.717, 1.165) is 5.06 Å². The first-order valence-corrected chi connectivity index (χ1v) is 8.91. The Hall–Kier alpha value is -2.60. The number of hydrogen-bond donors (Lipinski definition) is 2. The largest absolute Gasteiger partial charge is 0.507 e. The molecule has 6 nitrogen and oxygen atoms in total. The van der Waals surface area contributed by atoms with Crippen LogP contribution in [-0.4, -0.2) is 34.1 Å². The van der Waals surface area contributed by atoms with Crippen molar-refractivity contribution in [1.82, 2.24) is 5.06 Å². The van der Waals surface area contributed by atoms with Crippen LogP contribution >= 0.6 is 0 Å². The third-order valence-corrected chi connectivity index (χ3v) is 5.49. The summed E-state index contributed by atoms with van der Waals surface area (Å²) in [5.74, 6) is -0.295. The molecule has 3 aliphatic rings. The highest BCUT2D eigenvalue weighted by Gasteiger charge is 2.43. The zero-order valence-electron chi connectivity index (χ0n) is 14.6. The van der Waals surface area contributed by atoms with Crippen molar-refractivity contribution < 1.29 is 24.6 Å². The Kier molecular flexibility index (Phi) is 4.07. The number of hydrogen-bond acceptors (Lipinski definition) is 6. The lowest BCUT2D eigenvalue weighted by Crippen LogP contribution is -2.37. The molecule has 0 aromatic heterocycles. The minimum atomic E-state index is -0.630. The van der Waals surface area contributed by atoms with Gasteiger partial charge in [0, 0.05) is 41.5 Å². The van der Waals surface area contributed by atoms with E-state index >= 15 is 0 Å². The molecule has 2 aliphatic carbocycles. The van der Waals surface area contributed by atoms with Gasteiger partial charge in [0.2, 0.25) is 0 Å². The first-order valence-electron chi connectivity index (χ1n) is 8.91. The second-order valence-corrected chi connectivity index (χ2v) is 6.94. The van der Waals surface area contributed by atoms with Crippen molar-refractivity contribution in [3.8, 4) is 11.5 Å². The summed E-state index contributed by atoms with van der Waals surface area (Å²) in [6.07, 6.45) is 3.28. The highest BCUT2D eigenvalue weighted by molar-refractivity contribution is 6.06. The maximum atomic E-state index is 12.7. The molecule has 2 N–H and O–H groups in total. The van der Waals surface area contributed by atoms with Crippen molar-refractivity contribution in [3.63, 3.8) is 0 Å². The van der Waals surface area contributed by atoms with Crippen molar-refractivity contribution in [2.24, 2.45) is 0 Å². The van der Waals surface area contributed by atoms with Gasteiger partial charge in [-0.05, 0) is 31.7 Å². The van der Waals surface area contributed by atoms with Gasteiger partial charge < -0.3 is 9.84 Å². The summed E-state index contributed by atoms with van der Waals surface area (Å²) >= 11 is 0. The fourth-order valence-electron chi connectivity index (χ4n) is 4.30. The predicted octanol–water partition coefficient (Wildman–Crippen LogP) is 3.20. The van der Waals surface area contributed by atoms with Crippen LogP contribution < -0.4 is 4.74 Å². The SMILES string of the molecule is COc1ccc(C2C3=C(CCCC3=O)N(O)C3=C2C(=O)CCC3)c(O)c1. The molecule has 6 heteroatoms. The van der Waals surface area contributed by atoms with Gasteiger partial charge in [-0.2, -0.15) is 0 Å². The number of ether oxygens (including phenoxy) is 1. The lowest BCUT2D eigenvalue weighted by molar-refractivity contribution is -0.119. The number of ketones is 2. The van der Waals surface area contributed by atoms with Gasteiger partial charge in [-0.3, -0.25) is 14.8 Å². The van der Waals surface area contributed by atoms with Crippen molar-refractivity contribution in [2.75, 3.05) is 7.11 Å². The number of phenols is 1. The van der Waals surface area contributed by atoms with Gasteiger partial charge in [0.05, 0.1) is 18.5 Å². The number of nitrogens with zero attached hydrogens (tertiary/aromatic N) is 1. The molecule has 1 aromatic rings. The van der Waals surface area contributed by atoms with Gasteiger partial charge in [0.15, 0.2) is 11.6 Å². The van der Waals surface area contributed by atoms with Crippen LogP contribution in [0.3, 0.4) is 0 Å². The number of rotatable bonds is 2. The lowest BCUT2D eigenvalue weighted by Gasteiger charge is -2.40. The normalized spacial score (nSPS) is 21.1. The zero-order chi connectivity index (χ0) is 18.4. The minimum Gasteiger partial charge on any atom is -0.507 e. The fourth-order valence-corrected chi connectivity index (χ4v) is 4.30. The van der Waals surface area contributed by atoms with Gasteiger partial charge >= 0.3 is 0 Å². The molecule has 4 rings (SSSR count). The Labute approximate surface area is 151 Å². The van der Waals surface area contributed by atoms with E-state index in [1.807, 2.05) is 0 Å². The van der Waals surface area contributed by atoms with Crippen molar-refractivity contribution in [2.45, 2.75) is 44.4 Å². The van der Waals surface area contributed by atoms with Gasteiger partial charge in [-0.1, -0.05) is 6.07 Å². The van der Waals surface area contributed by atoms with E-state index in [1.54, 1.807) is 12.1 Å². The van der Waals surface area contributed by atoms with Gasteiger partial charge in [0.1, 0.15) is 11.5 Å². The zero-order valence-corrected chi connectivity index (χ0v) is 14.6. The molecular weight excluding hydrogens is 334 g/mol. The Morgan fingerprint density at radius 2 is 1.58 bits per heavy atom. The van der Waals surface area contributed by atoms with E-state index in [4.69, 9.17) is 4.74 Å².